The van der Waals surface area contributed by atoms with Crippen molar-refractivity contribution in [1.29, 1.82) is 0 Å². The molecule has 772 valence electrons. The lowest BCUT2D eigenvalue weighted by Crippen LogP contribution is -2.52. The van der Waals surface area contributed by atoms with Gasteiger partial charge in [-0.05, 0) is 222 Å². The molecule has 0 unspecified atom stereocenters. The second-order valence-corrected chi connectivity index (χ2v) is 51.2. The number of piperazine rings is 2. The van der Waals surface area contributed by atoms with Crippen molar-refractivity contribution in [2.45, 2.75) is 57.8 Å². The number of ether oxygens (including phenoxy) is 7. The number of hydrogen-bond acceptors (Lipinski definition) is 34. The molecule has 16 rings (SSSR count). The minimum absolute atomic E-state index is 0.0734. The van der Waals surface area contributed by atoms with Crippen LogP contribution in [0.2, 0.25) is 20.1 Å². The zero-order valence-electron chi connectivity index (χ0n) is 84.7. The monoisotopic (exact) mass is 2130 g/mol. The predicted molar refractivity (Wildman–Crippen MR) is 593 cm³/mol. The van der Waals surface area contributed by atoms with Gasteiger partial charge in [0, 0.05) is 141 Å². The van der Waals surface area contributed by atoms with Gasteiger partial charge in [0.25, 0.3) is 0 Å². The Morgan fingerprint density at radius 2 is 0.662 bits per heavy atom. The normalized spacial score (nSPS) is 14.6. The van der Waals surface area contributed by atoms with E-state index in [1.807, 2.05) is 117 Å². The van der Waals surface area contributed by atoms with Crippen LogP contribution >= 0.6 is 75.0 Å². The van der Waals surface area contributed by atoms with E-state index in [1.54, 1.807) is 117 Å². The van der Waals surface area contributed by atoms with Crippen LogP contribution in [0.3, 0.4) is 0 Å². The predicted octanol–water partition coefficient (Wildman–Crippen LogP) is 21.0. The maximum atomic E-state index is 13.5. The SMILES string of the molecule is COC(=O)c1ccc(Nc2nc(Nc3ccc(P(C)(C)=O)cc3OC)ncc2Cl)c(OC)c1.COc1cc(N2CCC(F)CC2)ccc1Nc1ncc(Cl)c(Nc2ccccc2P(C)(C)=O)n1.COc1cc(N2CCC(N3CCN(C)CC3)CC2)ccc1Nc1ncc(Cl)c(Nc2ccc(P(C)(C)=O)cc2OC(C)C)n1.COc1cc(N2CCN(C)CC2)ccc1Nc1ncc(Cl)c(Nc2ccccc2P(C)(C)=O)n1. The van der Waals surface area contributed by atoms with Gasteiger partial charge < -0.3 is 118 Å². The van der Waals surface area contributed by atoms with E-state index in [4.69, 9.17) is 79.6 Å². The molecular weight excluding hydrogens is 2010 g/mol. The smallest absolute Gasteiger partial charge is 0.337 e. The van der Waals surface area contributed by atoms with E-state index in [2.05, 4.69) is 144 Å². The Labute approximate surface area is 867 Å². The summed E-state index contributed by atoms with van der Waals surface area (Å²) in [5.41, 5.74) is 8.98. The van der Waals surface area contributed by atoms with Gasteiger partial charge in [0.2, 0.25) is 23.8 Å². The van der Waals surface area contributed by atoms with Crippen LogP contribution in [0.25, 0.3) is 0 Å². The molecule has 4 aliphatic rings. The first kappa shape index (κ1) is 110. The molecule has 8 heterocycles. The quantitative estimate of drug-likeness (QED) is 0.0143. The molecule has 8 aromatic carbocycles. The molecule has 4 aromatic heterocycles. The highest BCUT2D eigenvalue weighted by molar-refractivity contribution is 7.71. The summed E-state index contributed by atoms with van der Waals surface area (Å²) in [6, 6.07) is 49.1. The van der Waals surface area contributed by atoms with Gasteiger partial charge in [-0.25, -0.2) is 29.1 Å². The van der Waals surface area contributed by atoms with Crippen LogP contribution in [0.1, 0.15) is 49.9 Å². The molecule has 4 fully saturated rings. The maximum absolute atomic E-state index is 13.5. The fourth-order valence-electron chi connectivity index (χ4n) is 16.4. The lowest BCUT2D eigenvalue weighted by Gasteiger charge is -2.42. The molecule has 0 radical (unpaired) electrons. The van der Waals surface area contributed by atoms with Crippen molar-refractivity contribution in [2.75, 3.05) is 246 Å². The number of anilines is 19. The highest BCUT2D eigenvalue weighted by Crippen LogP contribution is 2.46. The molecule has 43 heteroatoms. The van der Waals surface area contributed by atoms with Gasteiger partial charge in [0.1, 0.15) is 89.3 Å². The number of nitrogens with one attached hydrogen (secondary N) is 8. The average Bonchev–Trinajstić information content (AvgIpc) is 0.809. The summed E-state index contributed by atoms with van der Waals surface area (Å²) in [7, 11) is 3.67. The van der Waals surface area contributed by atoms with Gasteiger partial charge in [0.05, 0.1) is 125 Å². The van der Waals surface area contributed by atoms with E-state index < -0.39 is 40.7 Å². The number of esters is 1. The summed E-state index contributed by atoms with van der Waals surface area (Å²) >= 11 is 25.5. The fourth-order valence-corrected chi connectivity index (χ4v) is 21.0. The molecule has 4 aliphatic heterocycles. The van der Waals surface area contributed by atoms with Crippen LogP contribution in [-0.4, -0.2) is 267 Å². The molecule has 4 saturated heterocycles. The van der Waals surface area contributed by atoms with Gasteiger partial charge in [-0.1, -0.05) is 70.7 Å². The van der Waals surface area contributed by atoms with E-state index >= 15 is 0 Å². The minimum Gasteiger partial charge on any atom is -0.495 e. The number of methoxy groups -OCH3 is 6. The highest BCUT2D eigenvalue weighted by atomic mass is 35.5. The molecular formula is C102H127Cl4FN22O12P4. The Hall–Kier alpha value is -12.0. The van der Waals surface area contributed by atoms with Gasteiger partial charge in [0.15, 0.2) is 23.3 Å². The van der Waals surface area contributed by atoms with E-state index in [1.165, 1.54) is 65.9 Å². The number of nitrogens with zero attached hydrogens (tertiary/aromatic N) is 14. The second kappa shape index (κ2) is 50.0. The van der Waals surface area contributed by atoms with Crippen LogP contribution in [0.5, 0.6) is 34.5 Å². The standard InChI is InChI=1S/C32H45ClN7O3P.C24H28ClFN5O2P.C24H30ClN6O2P.C22H24ClN4O5P/c1-22(2)43-30-20-25(44(5,6)41)8-10-28(30)35-31-26(33)21-34-32(37-31)36-27-9-7-24(19-29(27)42-4)39-13-11-23(12-14-39)40-17-15-38(3)16-18-40;1-33-21-14-17(31-12-10-16(26)11-13-31)8-9-19(21)29-24-27-15-18(25)23(30-24)28-20-6-4-5-7-22(20)34(2,3)32;1-30-11-13-31(14-12-30)17-9-10-19(21(15-17)33-2)28-24-26-16-18(25)23(29-24)27-20-7-5-6-8-22(20)34(3,4)32;1-30-18-10-13(21(28)32-3)6-8-16(18)25-20-15(23)12-24-22(27-20)26-17-9-7-14(33(4,5)29)11-19(17)31-2/h7-10,19-23H,11-18H2,1-6H3,(H2,34,35,36,37);4-9,14-16H,10-13H2,1-3H3,(H2,27,28,29,30);5-10,15-16H,11-14H2,1-4H3,(H2,26,27,28,29);6-12H,1-5H3,(H2,24,25,26,27). The number of carbonyl (C=O) groups is 1. The molecule has 145 heavy (non-hydrogen) atoms. The van der Waals surface area contributed by atoms with Crippen molar-refractivity contribution in [3.05, 3.63) is 208 Å². The van der Waals surface area contributed by atoms with E-state index in [0.29, 0.717) is 173 Å². The average molecular weight is 2140 g/mol. The van der Waals surface area contributed by atoms with Gasteiger partial charge in [-0.3, -0.25) is 4.90 Å². The Bertz CT molecular complexity index is 6530. The number of likely N-dealkylation sites (N-methyl/N-ethyl adjacent to an activating group) is 2. The van der Waals surface area contributed by atoms with Crippen molar-refractivity contribution in [3.8, 4) is 34.5 Å². The number of para-hydroxylation sites is 2. The molecule has 0 saturated carbocycles. The van der Waals surface area contributed by atoms with Gasteiger partial charge >= 0.3 is 5.97 Å². The van der Waals surface area contributed by atoms with Crippen LogP contribution in [0, 0.1) is 0 Å². The number of carbonyl (C=O) groups excluding carboxylic acids is 1. The lowest BCUT2D eigenvalue weighted by atomic mass is 10.0. The molecule has 34 nitrogen and oxygen atoms in total. The van der Waals surface area contributed by atoms with Crippen molar-refractivity contribution < 1.29 is 60.6 Å². The first-order valence-electron chi connectivity index (χ1n) is 47.1. The van der Waals surface area contributed by atoms with Crippen molar-refractivity contribution >= 4 is 212 Å². The van der Waals surface area contributed by atoms with E-state index in [9.17, 15) is 27.4 Å². The summed E-state index contributed by atoms with van der Waals surface area (Å²) in [6.45, 7) is 29.8. The summed E-state index contributed by atoms with van der Waals surface area (Å²) in [5.74, 6) is 5.92. The number of halogens is 5. The van der Waals surface area contributed by atoms with Gasteiger partial charge in [-0.15, -0.1) is 0 Å². The molecule has 0 bridgehead atoms. The van der Waals surface area contributed by atoms with Crippen molar-refractivity contribution in [3.63, 3.8) is 0 Å². The van der Waals surface area contributed by atoms with Crippen LogP contribution in [-0.2, 0) is 23.0 Å². The Morgan fingerprint density at radius 1 is 0.359 bits per heavy atom. The Kier molecular flexibility index (Phi) is 38.0. The number of benzene rings is 8. The maximum Gasteiger partial charge on any atom is 0.337 e. The lowest BCUT2D eigenvalue weighted by molar-refractivity contribution is 0.0600. The third kappa shape index (κ3) is 30.2. The molecule has 0 aliphatic carbocycles. The van der Waals surface area contributed by atoms with Crippen molar-refractivity contribution in [1.82, 2.24) is 54.6 Å². The number of piperidine rings is 2. The first-order valence-corrected chi connectivity index (χ1v) is 59.0. The number of alkyl halides is 1. The first-order chi connectivity index (χ1) is 69.1. The zero-order valence-corrected chi connectivity index (χ0v) is 91.3. The van der Waals surface area contributed by atoms with Crippen LogP contribution < -0.4 is 107 Å². The molecule has 12 aromatic rings. The summed E-state index contributed by atoms with van der Waals surface area (Å²) in [5, 5.41) is 29.8. The van der Waals surface area contributed by atoms with E-state index in [0.717, 1.165) is 91.4 Å². The van der Waals surface area contributed by atoms with Crippen LogP contribution in [0.4, 0.5) is 114 Å². The number of rotatable bonds is 32. The largest absolute Gasteiger partial charge is 0.495 e. The van der Waals surface area contributed by atoms with Crippen molar-refractivity contribution in [2.24, 2.45) is 0 Å². The number of hydrogen-bond donors (Lipinski definition) is 8. The number of aromatic nitrogens is 8. The Balaban J connectivity index is 0.000000163. The minimum atomic E-state index is -2.51. The third-order valence-electron chi connectivity index (χ3n) is 24.4. The summed E-state index contributed by atoms with van der Waals surface area (Å²) in [6.07, 6.45) is 8.64. The molecule has 8 N–H and O–H groups in total. The highest BCUT2D eigenvalue weighted by Gasteiger charge is 2.31. The topological polar surface area (TPSA) is 369 Å². The zero-order chi connectivity index (χ0) is 104. The fraction of sp³-hybridized carbons (Fsp3) is 0.363. The molecule has 0 atom stereocenters. The van der Waals surface area contributed by atoms with Gasteiger partial charge in [-0.2, -0.15) is 19.9 Å². The third-order valence-corrected chi connectivity index (χ3v) is 31.7. The molecule has 0 amide bonds. The Morgan fingerprint density at radius 3 is 1.01 bits per heavy atom. The molecule has 0 spiro atoms. The summed E-state index contributed by atoms with van der Waals surface area (Å²) in [4.78, 5) is 61.5. The van der Waals surface area contributed by atoms with E-state index in [-0.39, 0.29) is 17.1 Å². The summed E-state index contributed by atoms with van der Waals surface area (Å²) < 4.78 is 103. The van der Waals surface area contributed by atoms with Crippen LogP contribution in [0.15, 0.2) is 183 Å². The second-order valence-electron chi connectivity index (χ2n) is 36.8.